The molecule has 4 nitrogen and oxygen atoms in total. The highest BCUT2D eigenvalue weighted by molar-refractivity contribution is 5.29. The Morgan fingerprint density at radius 2 is 1.21 bits per heavy atom. The fraction of sp³-hybridized carbons (Fsp3) is 0.750. The van der Waals surface area contributed by atoms with Crippen LogP contribution in [0.4, 0.5) is 0 Å². The number of aromatic hydroxyl groups is 1. The Bertz CT molecular complexity index is 616. The number of hydrogen-bond donors (Lipinski definition) is 1. The van der Waals surface area contributed by atoms with E-state index in [0.717, 1.165) is 12.8 Å². The lowest BCUT2D eigenvalue weighted by Gasteiger charge is -2.08. The lowest BCUT2D eigenvalue weighted by molar-refractivity contribution is 0.398. The molecule has 1 aromatic heterocycles. The molecule has 1 aromatic rings. The number of hydrogen-bond acceptors (Lipinski definition) is 3. The highest BCUT2D eigenvalue weighted by Crippen LogP contribution is 2.14. The molecule has 1 N–H and O–H groups in total. The smallest absolute Gasteiger partial charge is 0.271 e. The summed E-state index contributed by atoms with van der Waals surface area (Å²) in [5.74, 6) is -0.0510. The first-order valence-electron chi connectivity index (χ1n) is 11.5. The summed E-state index contributed by atoms with van der Waals surface area (Å²) in [6.07, 6.45) is 20.9. The third-order valence-electron chi connectivity index (χ3n) is 5.51. The van der Waals surface area contributed by atoms with E-state index in [1.54, 1.807) is 0 Å². The molecule has 0 radical (unpaired) electrons. The third-order valence-corrected chi connectivity index (χ3v) is 5.51. The number of nitriles is 1. The molecule has 1 rings (SSSR count). The summed E-state index contributed by atoms with van der Waals surface area (Å²) in [6.45, 7) is 2.75. The first-order valence-corrected chi connectivity index (χ1v) is 11.5. The van der Waals surface area contributed by atoms with Crippen molar-refractivity contribution >= 4 is 0 Å². The zero-order chi connectivity index (χ0) is 20.5. The second-order valence-corrected chi connectivity index (χ2v) is 7.98. The van der Waals surface area contributed by atoms with Gasteiger partial charge in [-0.05, 0) is 18.6 Å². The molecule has 0 aliphatic carbocycles. The molecular weight excluding hydrogens is 348 g/mol. The fourth-order valence-electron chi connectivity index (χ4n) is 3.69. The fourth-order valence-corrected chi connectivity index (χ4v) is 3.69. The highest BCUT2D eigenvalue weighted by atomic mass is 16.3. The number of aromatic nitrogens is 1. The Balaban J connectivity index is 1.93. The van der Waals surface area contributed by atoms with Gasteiger partial charge in [0.15, 0.2) is 5.88 Å². The zero-order valence-electron chi connectivity index (χ0n) is 17.9. The van der Waals surface area contributed by atoms with Crippen LogP contribution in [0.5, 0.6) is 5.88 Å². The van der Waals surface area contributed by atoms with Crippen LogP contribution < -0.4 is 5.56 Å². The molecule has 0 spiro atoms. The molecule has 1 heterocycles. The Labute approximate surface area is 171 Å². The number of nitrogens with zero attached hydrogens (tertiary/aromatic N) is 2. The molecule has 0 saturated carbocycles. The molecule has 0 atom stereocenters. The quantitative estimate of drug-likeness (QED) is 0.302. The average Bonchev–Trinajstić information content (AvgIpc) is 2.70. The van der Waals surface area contributed by atoms with Crippen molar-refractivity contribution in [2.75, 3.05) is 0 Å². The lowest BCUT2D eigenvalue weighted by Crippen LogP contribution is -2.22. The van der Waals surface area contributed by atoms with Gasteiger partial charge in [0.1, 0.15) is 11.6 Å². The van der Waals surface area contributed by atoms with Crippen molar-refractivity contribution < 1.29 is 5.11 Å². The van der Waals surface area contributed by atoms with E-state index in [1.807, 2.05) is 6.07 Å². The first kappa shape index (κ1) is 24.3. The second kappa shape index (κ2) is 16.2. The van der Waals surface area contributed by atoms with Crippen molar-refractivity contribution in [3.63, 3.8) is 0 Å². The maximum absolute atomic E-state index is 12.0. The summed E-state index contributed by atoms with van der Waals surface area (Å²) >= 11 is 0. The van der Waals surface area contributed by atoms with Crippen molar-refractivity contribution in [1.82, 2.24) is 4.57 Å². The number of pyridine rings is 1. The predicted octanol–water partition coefficient (Wildman–Crippen LogP) is 6.69. The van der Waals surface area contributed by atoms with Crippen LogP contribution in [0.1, 0.15) is 115 Å². The molecule has 0 bridgehead atoms. The molecule has 0 fully saturated rings. The molecule has 0 amide bonds. The number of rotatable bonds is 17. The van der Waals surface area contributed by atoms with E-state index < -0.39 is 0 Å². The van der Waals surface area contributed by atoms with E-state index in [0.29, 0.717) is 6.54 Å². The lowest BCUT2D eigenvalue weighted by atomic mass is 10.0. The van der Waals surface area contributed by atoms with Crippen molar-refractivity contribution in [2.45, 2.75) is 116 Å². The number of unbranched alkanes of at least 4 members (excludes halogenated alkanes) is 15. The van der Waals surface area contributed by atoms with E-state index in [2.05, 4.69) is 6.92 Å². The Morgan fingerprint density at radius 1 is 0.786 bits per heavy atom. The highest BCUT2D eigenvalue weighted by Gasteiger charge is 2.07. The summed E-state index contributed by atoms with van der Waals surface area (Å²) in [7, 11) is 0. The van der Waals surface area contributed by atoms with Crippen molar-refractivity contribution in [1.29, 1.82) is 5.26 Å². The van der Waals surface area contributed by atoms with Crippen molar-refractivity contribution in [3.8, 4) is 11.9 Å². The van der Waals surface area contributed by atoms with Gasteiger partial charge in [-0.25, -0.2) is 0 Å². The monoisotopic (exact) mass is 388 g/mol. The van der Waals surface area contributed by atoms with Gasteiger partial charge in [-0.15, -0.1) is 0 Å². The summed E-state index contributed by atoms with van der Waals surface area (Å²) in [6, 6.07) is 4.67. The molecule has 28 heavy (non-hydrogen) atoms. The third kappa shape index (κ3) is 10.5. The van der Waals surface area contributed by atoms with Crippen LogP contribution in [0.25, 0.3) is 0 Å². The van der Waals surface area contributed by atoms with Gasteiger partial charge in [0.05, 0.1) is 0 Å². The standard InChI is InChI=1S/C24H40N2O2/c1-2-3-4-5-6-7-8-9-10-11-12-13-14-15-16-17-20-26-23(27)19-18-22(21-25)24(26)28/h18-19,27H,2-17,20H2,1H3. The molecule has 0 aliphatic heterocycles. The topological polar surface area (TPSA) is 66.0 Å². The molecule has 0 aliphatic rings. The van der Waals surface area contributed by atoms with Crippen molar-refractivity contribution in [2.24, 2.45) is 0 Å². The van der Waals surface area contributed by atoms with E-state index in [1.165, 1.54) is 107 Å². The average molecular weight is 389 g/mol. The zero-order valence-corrected chi connectivity index (χ0v) is 17.9. The van der Waals surface area contributed by atoms with Gasteiger partial charge in [0, 0.05) is 6.54 Å². The summed E-state index contributed by atoms with van der Waals surface area (Å²) in [5.41, 5.74) is -0.294. The van der Waals surface area contributed by atoms with Crippen molar-refractivity contribution in [3.05, 3.63) is 28.0 Å². The van der Waals surface area contributed by atoms with Gasteiger partial charge >= 0.3 is 0 Å². The largest absolute Gasteiger partial charge is 0.494 e. The van der Waals surface area contributed by atoms with E-state index in [-0.39, 0.29) is 17.0 Å². The molecule has 0 unspecified atom stereocenters. The van der Waals surface area contributed by atoms with Crippen LogP contribution in [0.3, 0.4) is 0 Å². The van der Waals surface area contributed by atoms with Gasteiger partial charge in [0.2, 0.25) is 0 Å². The van der Waals surface area contributed by atoms with Gasteiger partial charge in [0.25, 0.3) is 5.56 Å². The summed E-state index contributed by atoms with van der Waals surface area (Å²) in [5, 5.41) is 18.7. The normalized spacial score (nSPS) is 10.9. The second-order valence-electron chi connectivity index (χ2n) is 7.98. The maximum atomic E-state index is 12.0. The molecule has 0 aromatic carbocycles. The minimum absolute atomic E-state index is 0.0510. The van der Waals surface area contributed by atoms with Crippen LogP contribution in [0.2, 0.25) is 0 Å². The minimum atomic E-state index is -0.386. The van der Waals surface area contributed by atoms with E-state index in [4.69, 9.17) is 5.26 Å². The Morgan fingerprint density at radius 3 is 1.64 bits per heavy atom. The molecule has 158 valence electrons. The van der Waals surface area contributed by atoms with Crippen LogP contribution in [-0.4, -0.2) is 9.67 Å². The van der Waals surface area contributed by atoms with Crippen LogP contribution in [-0.2, 0) is 6.54 Å². The van der Waals surface area contributed by atoms with Gasteiger partial charge in [-0.1, -0.05) is 103 Å². The first-order chi connectivity index (χ1) is 13.7. The minimum Gasteiger partial charge on any atom is -0.494 e. The van der Waals surface area contributed by atoms with E-state index in [9.17, 15) is 9.90 Å². The van der Waals surface area contributed by atoms with Gasteiger partial charge < -0.3 is 5.11 Å². The molecule has 4 heteroatoms. The summed E-state index contributed by atoms with van der Waals surface area (Å²) in [4.78, 5) is 12.0. The van der Waals surface area contributed by atoms with Crippen LogP contribution >= 0.6 is 0 Å². The Kier molecular flexibility index (Phi) is 14.1. The molecular formula is C24H40N2O2. The predicted molar refractivity (Wildman–Crippen MR) is 117 cm³/mol. The van der Waals surface area contributed by atoms with E-state index >= 15 is 0 Å². The Hall–Kier alpha value is -1.76. The van der Waals surface area contributed by atoms with Crippen LogP contribution in [0.15, 0.2) is 16.9 Å². The maximum Gasteiger partial charge on any atom is 0.271 e. The van der Waals surface area contributed by atoms with Crippen LogP contribution in [0, 0.1) is 11.3 Å². The molecule has 0 saturated heterocycles. The SMILES string of the molecule is CCCCCCCCCCCCCCCCCCn1c(O)ccc(C#N)c1=O. The van der Waals surface area contributed by atoms with Gasteiger partial charge in [-0.3, -0.25) is 9.36 Å². The van der Waals surface area contributed by atoms with Gasteiger partial charge in [-0.2, -0.15) is 5.26 Å². The summed E-state index contributed by atoms with van der Waals surface area (Å²) < 4.78 is 1.31.